The molecule has 1 aliphatic heterocycles. The Morgan fingerprint density at radius 3 is 2.62 bits per heavy atom. The van der Waals surface area contributed by atoms with Gasteiger partial charge in [0.25, 0.3) is 0 Å². The molecule has 0 saturated carbocycles. The number of hydrogen-bond acceptors (Lipinski definition) is 1. The van der Waals surface area contributed by atoms with Gasteiger partial charge in [-0.1, -0.05) is 12.1 Å². The quantitative estimate of drug-likeness (QED) is 0.833. The first-order valence-corrected chi connectivity index (χ1v) is 5.82. The summed E-state index contributed by atoms with van der Waals surface area (Å²) in [5, 5.41) is 7.81. The van der Waals surface area contributed by atoms with Gasteiger partial charge in [0.05, 0.1) is 5.84 Å². The van der Waals surface area contributed by atoms with Gasteiger partial charge in [-0.25, -0.2) is 4.39 Å². The summed E-state index contributed by atoms with van der Waals surface area (Å²) in [6.45, 7) is 1.88. The number of likely N-dealkylation sites (tertiary alicyclic amines) is 1. The monoisotopic (exact) mass is 220 g/mol. The number of nitrogens with one attached hydrogen (secondary N) is 1. The topological polar surface area (TPSA) is 27.1 Å². The molecule has 0 atom stereocenters. The Morgan fingerprint density at radius 2 is 1.94 bits per heavy atom. The molecule has 86 valence electrons. The van der Waals surface area contributed by atoms with E-state index in [1.54, 1.807) is 0 Å². The lowest BCUT2D eigenvalue weighted by Gasteiger charge is -2.29. The number of amidine groups is 1. The zero-order valence-corrected chi connectivity index (χ0v) is 9.38. The van der Waals surface area contributed by atoms with Crippen LogP contribution in [0.25, 0.3) is 0 Å². The maximum atomic E-state index is 12.7. The Hall–Kier alpha value is -1.38. The highest BCUT2D eigenvalue weighted by Crippen LogP contribution is 2.12. The van der Waals surface area contributed by atoms with Gasteiger partial charge in [-0.3, -0.25) is 5.41 Å². The van der Waals surface area contributed by atoms with Crippen LogP contribution >= 0.6 is 0 Å². The van der Waals surface area contributed by atoms with Crippen LogP contribution in [-0.2, 0) is 6.42 Å². The minimum absolute atomic E-state index is 0.186. The fraction of sp³-hybridized carbons (Fsp3) is 0.462. The molecule has 0 unspecified atom stereocenters. The molecule has 1 fully saturated rings. The standard InChI is InChI=1S/C13H17FN2/c14-12-6-4-11(5-7-12)8-10-16-9-2-1-3-13(16)15/h4-7,15H,1-3,8-10H2. The van der Waals surface area contributed by atoms with Gasteiger partial charge < -0.3 is 4.90 Å². The van der Waals surface area contributed by atoms with E-state index in [-0.39, 0.29) is 5.82 Å². The molecular weight excluding hydrogens is 203 g/mol. The molecule has 0 bridgehead atoms. The predicted molar refractivity (Wildman–Crippen MR) is 63.3 cm³/mol. The van der Waals surface area contributed by atoms with Crippen LogP contribution in [0.15, 0.2) is 24.3 Å². The maximum absolute atomic E-state index is 12.7. The lowest BCUT2D eigenvalue weighted by molar-refractivity contribution is 0.370. The van der Waals surface area contributed by atoms with E-state index >= 15 is 0 Å². The lowest BCUT2D eigenvalue weighted by Crippen LogP contribution is -2.36. The molecule has 1 aromatic rings. The highest BCUT2D eigenvalue weighted by Gasteiger charge is 2.13. The molecule has 0 radical (unpaired) electrons. The minimum atomic E-state index is -0.186. The molecule has 0 aliphatic carbocycles. The normalized spacial score (nSPS) is 16.6. The molecule has 2 nitrogen and oxygen atoms in total. The summed E-state index contributed by atoms with van der Waals surface area (Å²) < 4.78 is 12.7. The van der Waals surface area contributed by atoms with Crippen molar-refractivity contribution in [3.8, 4) is 0 Å². The second-order valence-corrected chi connectivity index (χ2v) is 4.27. The van der Waals surface area contributed by atoms with Gasteiger partial charge in [-0.2, -0.15) is 0 Å². The largest absolute Gasteiger partial charge is 0.360 e. The molecule has 1 aliphatic rings. The number of nitrogens with zero attached hydrogens (tertiary/aromatic N) is 1. The zero-order chi connectivity index (χ0) is 11.4. The number of piperidine rings is 1. The summed E-state index contributed by atoms with van der Waals surface area (Å²) in [7, 11) is 0. The van der Waals surface area contributed by atoms with Crippen molar-refractivity contribution in [1.29, 1.82) is 5.41 Å². The predicted octanol–water partition coefficient (Wildman–Crippen LogP) is 2.83. The second-order valence-electron chi connectivity index (χ2n) is 4.27. The smallest absolute Gasteiger partial charge is 0.123 e. The molecule has 3 heteroatoms. The third-order valence-electron chi connectivity index (χ3n) is 3.06. The molecule has 1 aromatic carbocycles. The average Bonchev–Trinajstić information content (AvgIpc) is 2.30. The van der Waals surface area contributed by atoms with Crippen LogP contribution < -0.4 is 0 Å². The SMILES string of the molecule is N=C1CCCCN1CCc1ccc(F)cc1. The van der Waals surface area contributed by atoms with Crippen molar-refractivity contribution in [2.45, 2.75) is 25.7 Å². The third-order valence-corrected chi connectivity index (χ3v) is 3.06. The van der Waals surface area contributed by atoms with Gasteiger partial charge in [0.15, 0.2) is 0 Å². The number of benzene rings is 1. The molecule has 1 N–H and O–H groups in total. The summed E-state index contributed by atoms with van der Waals surface area (Å²) in [5.74, 6) is 0.572. The van der Waals surface area contributed by atoms with E-state index < -0.39 is 0 Å². The van der Waals surface area contributed by atoms with Crippen molar-refractivity contribution < 1.29 is 4.39 Å². The van der Waals surface area contributed by atoms with Crippen LogP contribution in [0, 0.1) is 11.2 Å². The first-order valence-electron chi connectivity index (χ1n) is 5.82. The van der Waals surface area contributed by atoms with E-state index in [4.69, 9.17) is 5.41 Å². The average molecular weight is 220 g/mol. The van der Waals surface area contributed by atoms with Crippen LogP contribution in [0.1, 0.15) is 24.8 Å². The summed E-state index contributed by atoms with van der Waals surface area (Å²) in [5.41, 5.74) is 1.14. The van der Waals surface area contributed by atoms with Crippen molar-refractivity contribution in [1.82, 2.24) is 4.90 Å². The first-order chi connectivity index (χ1) is 7.75. The fourth-order valence-electron chi connectivity index (χ4n) is 2.05. The molecule has 1 heterocycles. The summed E-state index contributed by atoms with van der Waals surface area (Å²) in [6.07, 6.45) is 4.13. The van der Waals surface area contributed by atoms with Crippen LogP contribution in [0.3, 0.4) is 0 Å². The van der Waals surface area contributed by atoms with Crippen molar-refractivity contribution in [3.63, 3.8) is 0 Å². The molecule has 0 amide bonds. The number of halogens is 1. The molecule has 16 heavy (non-hydrogen) atoms. The molecule has 0 aromatic heterocycles. The van der Waals surface area contributed by atoms with Gasteiger partial charge in [-0.05, 0) is 37.0 Å². The van der Waals surface area contributed by atoms with Crippen molar-refractivity contribution >= 4 is 5.84 Å². The van der Waals surface area contributed by atoms with E-state index in [9.17, 15) is 4.39 Å². The van der Waals surface area contributed by atoms with Gasteiger partial charge in [-0.15, -0.1) is 0 Å². The number of hydrogen-bond donors (Lipinski definition) is 1. The van der Waals surface area contributed by atoms with Gasteiger partial charge in [0.2, 0.25) is 0 Å². The van der Waals surface area contributed by atoms with Crippen LogP contribution in [0.4, 0.5) is 4.39 Å². The molecule has 1 saturated heterocycles. The van der Waals surface area contributed by atoms with Gasteiger partial charge >= 0.3 is 0 Å². The van der Waals surface area contributed by atoms with Gasteiger partial charge in [0, 0.05) is 19.5 Å². The van der Waals surface area contributed by atoms with Crippen LogP contribution in [-0.4, -0.2) is 23.8 Å². The van der Waals surface area contributed by atoms with Crippen molar-refractivity contribution in [2.24, 2.45) is 0 Å². The van der Waals surface area contributed by atoms with E-state index in [0.29, 0.717) is 0 Å². The van der Waals surface area contributed by atoms with Crippen LogP contribution in [0.5, 0.6) is 0 Å². The van der Waals surface area contributed by atoms with Crippen molar-refractivity contribution in [2.75, 3.05) is 13.1 Å². The summed E-state index contributed by atoms with van der Waals surface area (Å²) in [6, 6.07) is 6.64. The number of rotatable bonds is 3. The highest BCUT2D eigenvalue weighted by molar-refractivity contribution is 5.79. The lowest BCUT2D eigenvalue weighted by atomic mass is 10.1. The van der Waals surface area contributed by atoms with Crippen molar-refractivity contribution in [3.05, 3.63) is 35.6 Å². The Bertz CT molecular complexity index is 359. The second kappa shape index (κ2) is 5.10. The Kier molecular flexibility index (Phi) is 3.54. The van der Waals surface area contributed by atoms with E-state index in [2.05, 4.69) is 4.90 Å². The van der Waals surface area contributed by atoms with E-state index in [0.717, 1.165) is 43.8 Å². The maximum Gasteiger partial charge on any atom is 0.123 e. The molecular formula is C13H17FN2. The van der Waals surface area contributed by atoms with Crippen LogP contribution in [0.2, 0.25) is 0 Å². The molecule has 2 rings (SSSR count). The minimum Gasteiger partial charge on any atom is -0.360 e. The Labute approximate surface area is 95.6 Å². The third kappa shape index (κ3) is 2.81. The van der Waals surface area contributed by atoms with E-state index in [1.807, 2.05) is 12.1 Å². The molecule has 0 spiro atoms. The first kappa shape index (κ1) is 11.1. The highest BCUT2D eigenvalue weighted by atomic mass is 19.1. The summed E-state index contributed by atoms with van der Waals surface area (Å²) in [4.78, 5) is 2.13. The summed E-state index contributed by atoms with van der Waals surface area (Å²) >= 11 is 0. The fourth-order valence-corrected chi connectivity index (χ4v) is 2.05. The van der Waals surface area contributed by atoms with Gasteiger partial charge in [0.1, 0.15) is 5.82 Å². The Morgan fingerprint density at radius 1 is 1.19 bits per heavy atom. The zero-order valence-electron chi connectivity index (χ0n) is 9.38. The Balaban J connectivity index is 1.86. The van der Waals surface area contributed by atoms with E-state index in [1.165, 1.54) is 18.6 Å².